The largest absolute Gasteiger partial charge is 0.381 e. The van der Waals surface area contributed by atoms with E-state index in [4.69, 9.17) is 4.74 Å². The summed E-state index contributed by atoms with van der Waals surface area (Å²) in [4.78, 5) is 14.0. The van der Waals surface area contributed by atoms with Crippen LogP contribution in [0.2, 0.25) is 0 Å². The number of fused-ring (bicyclic) bond motifs is 1. The minimum absolute atomic E-state index is 0.611. The van der Waals surface area contributed by atoms with Crippen LogP contribution < -0.4 is 4.90 Å². The molecule has 4 heterocycles. The van der Waals surface area contributed by atoms with Gasteiger partial charge < -0.3 is 9.64 Å². The second kappa shape index (κ2) is 5.30. The molecule has 4 rings (SSSR count). The summed E-state index contributed by atoms with van der Waals surface area (Å²) in [5, 5.41) is 0. The normalized spacial score (nSPS) is 33.8. The first kappa shape index (κ1) is 12.5. The fraction of sp³-hybridized carbons (Fsp3) is 0.733. The monoisotopic (exact) mass is 274 g/mol. The highest BCUT2D eigenvalue weighted by atomic mass is 16.5. The van der Waals surface area contributed by atoms with Crippen LogP contribution in [0.5, 0.6) is 0 Å². The second-order valence-electron chi connectivity index (χ2n) is 6.18. The van der Waals surface area contributed by atoms with Gasteiger partial charge in [0.05, 0.1) is 6.61 Å². The number of likely N-dealkylation sites (tertiary alicyclic amines) is 1. The minimum atomic E-state index is 0.611. The summed E-state index contributed by atoms with van der Waals surface area (Å²) in [6.07, 6.45) is 7.42. The van der Waals surface area contributed by atoms with Crippen molar-refractivity contribution < 1.29 is 4.74 Å². The molecule has 0 aromatic carbocycles. The molecule has 108 valence electrons. The Balaban J connectivity index is 1.44. The number of anilines is 1. The molecule has 3 saturated heterocycles. The third-order valence-corrected chi connectivity index (χ3v) is 5.02. The molecule has 3 atom stereocenters. The summed E-state index contributed by atoms with van der Waals surface area (Å²) in [6.45, 7) is 5.44. The van der Waals surface area contributed by atoms with Gasteiger partial charge in [-0.25, -0.2) is 9.97 Å². The molecule has 3 aliphatic rings. The van der Waals surface area contributed by atoms with E-state index in [1.807, 2.05) is 18.5 Å². The van der Waals surface area contributed by atoms with Crippen molar-refractivity contribution in [3.63, 3.8) is 0 Å². The van der Waals surface area contributed by atoms with Gasteiger partial charge in [-0.05, 0) is 31.2 Å². The van der Waals surface area contributed by atoms with E-state index < -0.39 is 0 Å². The molecule has 20 heavy (non-hydrogen) atoms. The average Bonchev–Trinajstić information content (AvgIpc) is 3.19. The van der Waals surface area contributed by atoms with Crippen LogP contribution >= 0.6 is 0 Å². The van der Waals surface area contributed by atoms with Gasteiger partial charge in [-0.15, -0.1) is 0 Å². The van der Waals surface area contributed by atoms with Crippen molar-refractivity contribution in [2.45, 2.75) is 31.3 Å². The molecule has 1 aromatic heterocycles. The van der Waals surface area contributed by atoms with Crippen LogP contribution in [0.15, 0.2) is 18.5 Å². The highest BCUT2D eigenvalue weighted by Gasteiger charge is 2.43. The topological polar surface area (TPSA) is 41.5 Å². The smallest absolute Gasteiger partial charge is 0.225 e. The van der Waals surface area contributed by atoms with Gasteiger partial charge in [-0.2, -0.15) is 0 Å². The first-order valence-electron chi connectivity index (χ1n) is 7.77. The van der Waals surface area contributed by atoms with Crippen molar-refractivity contribution in [3.05, 3.63) is 18.5 Å². The van der Waals surface area contributed by atoms with E-state index in [2.05, 4.69) is 19.8 Å². The van der Waals surface area contributed by atoms with Crippen LogP contribution in [-0.2, 0) is 4.74 Å². The van der Waals surface area contributed by atoms with E-state index in [-0.39, 0.29) is 0 Å². The minimum Gasteiger partial charge on any atom is -0.381 e. The van der Waals surface area contributed by atoms with Crippen molar-refractivity contribution >= 4 is 5.95 Å². The lowest BCUT2D eigenvalue weighted by Gasteiger charge is -2.27. The number of hydrogen-bond donors (Lipinski definition) is 0. The van der Waals surface area contributed by atoms with E-state index in [0.29, 0.717) is 12.1 Å². The third kappa shape index (κ3) is 2.19. The summed E-state index contributed by atoms with van der Waals surface area (Å²) in [5.74, 6) is 1.65. The fourth-order valence-corrected chi connectivity index (χ4v) is 4.05. The molecule has 5 nitrogen and oxygen atoms in total. The highest BCUT2D eigenvalue weighted by Crippen LogP contribution is 2.34. The molecule has 0 radical (unpaired) electrons. The lowest BCUT2D eigenvalue weighted by molar-refractivity contribution is 0.162. The van der Waals surface area contributed by atoms with Gasteiger partial charge in [0.2, 0.25) is 5.95 Å². The molecule has 5 heteroatoms. The Labute approximate surface area is 120 Å². The number of nitrogens with zero attached hydrogens (tertiary/aromatic N) is 4. The molecule has 0 spiro atoms. The molecule has 3 aliphatic heterocycles. The molecular weight excluding hydrogens is 252 g/mol. The Morgan fingerprint density at radius 2 is 1.95 bits per heavy atom. The molecule has 0 saturated carbocycles. The molecule has 0 aliphatic carbocycles. The molecule has 0 N–H and O–H groups in total. The number of rotatable bonds is 3. The Kier molecular flexibility index (Phi) is 3.32. The maximum absolute atomic E-state index is 5.51. The zero-order valence-corrected chi connectivity index (χ0v) is 11.8. The zero-order chi connectivity index (χ0) is 13.4. The quantitative estimate of drug-likeness (QED) is 0.827. The van der Waals surface area contributed by atoms with E-state index in [1.54, 1.807) is 0 Å². The highest BCUT2D eigenvalue weighted by molar-refractivity contribution is 5.35. The fourth-order valence-electron chi connectivity index (χ4n) is 4.05. The lowest BCUT2D eigenvalue weighted by Crippen LogP contribution is -2.39. The summed E-state index contributed by atoms with van der Waals surface area (Å²) >= 11 is 0. The number of aromatic nitrogens is 2. The predicted octanol–water partition coefficient (Wildman–Crippen LogP) is 1.17. The van der Waals surface area contributed by atoms with Gasteiger partial charge in [0.25, 0.3) is 0 Å². The molecule has 0 bridgehead atoms. The van der Waals surface area contributed by atoms with E-state index in [1.165, 1.54) is 32.4 Å². The lowest BCUT2D eigenvalue weighted by atomic mass is 10.1. The van der Waals surface area contributed by atoms with Crippen LogP contribution in [0.3, 0.4) is 0 Å². The van der Waals surface area contributed by atoms with Gasteiger partial charge in [-0.1, -0.05) is 0 Å². The predicted molar refractivity (Wildman–Crippen MR) is 76.7 cm³/mol. The Bertz CT molecular complexity index is 448. The summed E-state index contributed by atoms with van der Waals surface area (Å²) < 4.78 is 5.51. The first-order valence-corrected chi connectivity index (χ1v) is 7.77. The van der Waals surface area contributed by atoms with E-state index in [9.17, 15) is 0 Å². The molecule has 0 amide bonds. The van der Waals surface area contributed by atoms with Crippen molar-refractivity contribution in [1.82, 2.24) is 14.9 Å². The third-order valence-electron chi connectivity index (χ3n) is 5.02. The average molecular weight is 274 g/mol. The van der Waals surface area contributed by atoms with Gasteiger partial charge >= 0.3 is 0 Å². The van der Waals surface area contributed by atoms with Crippen molar-refractivity contribution in [3.8, 4) is 0 Å². The molecular formula is C15H22N4O. The van der Waals surface area contributed by atoms with Crippen molar-refractivity contribution in [2.75, 3.05) is 37.7 Å². The first-order chi connectivity index (χ1) is 9.92. The van der Waals surface area contributed by atoms with Crippen LogP contribution in [0, 0.1) is 5.92 Å². The Morgan fingerprint density at radius 3 is 2.75 bits per heavy atom. The van der Waals surface area contributed by atoms with Gasteiger partial charge in [0.1, 0.15) is 0 Å². The van der Waals surface area contributed by atoms with E-state index in [0.717, 1.165) is 31.6 Å². The second-order valence-corrected chi connectivity index (χ2v) is 6.18. The molecule has 1 aromatic rings. The Morgan fingerprint density at radius 1 is 1.10 bits per heavy atom. The van der Waals surface area contributed by atoms with E-state index >= 15 is 0 Å². The van der Waals surface area contributed by atoms with Crippen LogP contribution in [0.4, 0.5) is 5.95 Å². The summed E-state index contributed by atoms with van der Waals surface area (Å²) in [6, 6.07) is 3.19. The summed E-state index contributed by atoms with van der Waals surface area (Å²) in [7, 11) is 0. The van der Waals surface area contributed by atoms with Gasteiger partial charge in [0, 0.05) is 50.7 Å². The Hall–Kier alpha value is -1.20. The maximum Gasteiger partial charge on any atom is 0.225 e. The van der Waals surface area contributed by atoms with Gasteiger partial charge in [-0.3, -0.25) is 4.90 Å². The van der Waals surface area contributed by atoms with Gasteiger partial charge in [0.15, 0.2) is 0 Å². The van der Waals surface area contributed by atoms with Crippen LogP contribution in [-0.4, -0.2) is 59.8 Å². The number of ether oxygens (including phenoxy) is 1. The molecule has 0 unspecified atom stereocenters. The van der Waals surface area contributed by atoms with Crippen LogP contribution in [0.1, 0.15) is 19.3 Å². The maximum atomic E-state index is 5.51. The number of hydrogen-bond acceptors (Lipinski definition) is 5. The van der Waals surface area contributed by atoms with Crippen molar-refractivity contribution in [2.24, 2.45) is 5.92 Å². The summed E-state index contributed by atoms with van der Waals surface area (Å²) in [5.41, 5.74) is 0. The zero-order valence-electron chi connectivity index (χ0n) is 11.8. The van der Waals surface area contributed by atoms with Crippen molar-refractivity contribution in [1.29, 1.82) is 0 Å². The SMILES string of the molecule is c1cnc(N2CC[C@@H]3[C@@H]2CCN3C[C@H]2CCOC2)nc1. The standard InChI is InChI=1S/C15H22N4O/c1-5-16-15(17-6-1)19-8-3-13-14(19)2-7-18(13)10-12-4-9-20-11-12/h1,5-6,12-14H,2-4,7-11H2/t12-,13-,14+/m1/s1. The molecule has 3 fully saturated rings. The van der Waals surface area contributed by atoms with Crippen LogP contribution in [0.25, 0.3) is 0 Å².